The topological polar surface area (TPSA) is 41.6 Å². The van der Waals surface area contributed by atoms with Crippen LogP contribution in [0.4, 0.5) is 4.39 Å². The van der Waals surface area contributed by atoms with Crippen molar-refractivity contribution in [2.24, 2.45) is 5.92 Å². The van der Waals surface area contributed by atoms with E-state index in [1.807, 2.05) is 0 Å². The van der Waals surface area contributed by atoms with E-state index in [0.717, 1.165) is 39.1 Å². The average molecular weight is 294 g/mol. The lowest BCUT2D eigenvalue weighted by Crippen LogP contribution is -2.39. The van der Waals surface area contributed by atoms with Gasteiger partial charge in [0.2, 0.25) is 0 Å². The highest BCUT2D eigenvalue weighted by atomic mass is 19.1. The van der Waals surface area contributed by atoms with Crippen molar-refractivity contribution in [2.75, 3.05) is 39.9 Å². The zero-order valence-corrected chi connectivity index (χ0v) is 12.5. The van der Waals surface area contributed by atoms with Gasteiger partial charge in [0.05, 0.1) is 6.61 Å². The maximum absolute atomic E-state index is 13.1. The van der Waals surface area contributed by atoms with Crippen LogP contribution in [-0.2, 0) is 4.74 Å². The maximum atomic E-state index is 13.1. The molecule has 0 radical (unpaired) electrons. The van der Waals surface area contributed by atoms with E-state index in [2.05, 4.69) is 10.2 Å². The Balaban J connectivity index is 1.71. The lowest BCUT2D eigenvalue weighted by Gasteiger charge is -2.31. The van der Waals surface area contributed by atoms with Crippen molar-refractivity contribution in [1.29, 1.82) is 0 Å². The van der Waals surface area contributed by atoms with Gasteiger partial charge in [-0.3, -0.25) is 4.79 Å². The molecule has 0 aliphatic carbocycles. The highest BCUT2D eigenvalue weighted by Gasteiger charge is 2.19. The zero-order valence-electron chi connectivity index (χ0n) is 12.5. The van der Waals surface area contributed by atoms with Crippen LogP contribution in [0.15, 0.2) is 24.3 Å². The Morgan fingerprint density at radius 2 is 2.19 bits per heavy atom. The molecular weight excluding hydrogens is 271 g/mol. The summed E-state index contributed by atoms with van der Waals surface area (Å²) in [6.45, 7) is 4.49. The first kappa shape index (κ1) is 15.9. The fourth-order valence-corrected chi connectivity index (χ4v) is 2.60. The van der Waals surface area contributed by atoms with Crippen LogP contribution in [-0.4, -0.2) is 50.7 Å². The van der Waals surface area contributed by atoms with E-state index < -0.39 is 0 Å². The average Bonchev–Trinajstić information content (AvgIpc) is 2.51. The fraction of sp³-hybridized carbons (Fsp3) is 0.562. The first-order valence-electron chi connectivity index (χ1n) is 7.44. The minimum atomic E-state index is -0.380. The highest BCUT2D eigenvalue weighted by Crippen LogP contribution is 2.16. The van der Waals surface area contributed by atoms with Crippen LogP contribution in [0.25, 0.3) is 0 Å². The molecule has 4 nitrogen and oxygen atoms in total. The van der Waals surface area contributed by atoms with Crippen LogP contribution in [0, 0.1) is 11.7 Å². The van der Waals surface area contributed by atoms with Crippen molar-refractivity contribution < 1.29 is 13.9 Å². The molecule has 116 valence electrons. The van der Waals surface area contributed by atoms with Crippen LogP contribution in [0.3, 0.4) is 0 Å². The molecule has 0 aromatic heterocycles. The van der Waals surface area contributed by atoms with Crippen molar-refractivity contribution >= 4 is 5.91 Å². The molecule has 1 aliphatic rings. The lowest BCUT2D eigenvalue weighted by molar-refractivity contribution is 0.0925. The second-order valence-corrected chi connectivity index (χ2v) is 5.50. The SMILES string of the molecule is COCCN1CCC(CNC(=O)c2cccc(F)c2)CC1. The Morgan fingerprint density at radius 3 is 2.86 bits per heavy atom. The number of rotatable bonds is 6. The van der Waals surface area contributed by atoms with E-state index >= 15 is 0 Å². The summed E-state index contributed by atoms with van der Waals surface area (Å²) >= 11 is 0. The molecule has 1 aliphatic heterocycles. The van der Waals surface area contributed by atoms with Crippen molar-refractivity contribution in [3.63, 3.8) is 0 Å². The van der Waals surface area contributed by atoms with E-state index in [4.69, 9.17) is 4.74 Å². The molecule has 21 heavy (non-hydrogen) atoms. The summed E-state index contributed by atoms with van der Waals surface area (Å²) in [5.74, 6) is -0.0771. The van der Waals surface area contributed by atoms with Gasteiger partial charge in [0, 0.05) is 25.8 Å². The van der Waals surface area contributed by atoms with Gasteiger partial charge in [0.25, 0.3) is 5.91 Å². The normalized spacial score (nSPS) is 16.9. The summed E-state index contributed by atoms with van der Waals surface area (Å²) in [6, 6.07) is 5.79. The molecule has 1 amide bonds. The minimum Gasteiger partial charge on any atom is -0.383 e. The molecule has 2 rings (SSSR count). The number of likely N-dealkylation sites (tertiary alicyclic amines) is 1. The third-order valence-corrected chi connectivity index (χ3v) is 3.96. The Labute approximate surface area is 125 Å². The van der Waals surface area contributed by atoms with Crippen molar-refractivity contribution in [3.8, 4) is 0 Å². The number of nitrogens with zero attached hydrogens (tertiary/aromatic N) is 1. The van der Waals surface area contributed by atoms with Gasteiger partial charge in [-0.05, 0) is 50.0 Å². The third-order valence-electron chi connectivity index (χ3n) is 3.96. The Hall–Kier alpha value is -1.46. The number of nitrogens with one attached hydrogen (secondary N) is 1. The molecule has 1 N–H and O–H groups in total. The van der Waals surface area contributed by atoms with Crippen molar-refractivity contribution in [2.45, 2.75) is 12.8 Å². The summed E-state index contributed by atoms with van der Waals surface area (Å²) in [7, 11) is 1.72. The number of hydrogen-bond donors (Lipinski definition) is 1. The fourth-order valence-electron chi connectivity index (χ4n) is 2.60. The second-order valence-electron chi connectivity index (χ2n) is 5.50. The summed E-state index contributed by atoms with van der Waals surface area (Å²) in [4.78, 5) is 14.3. The van der Waals surface area contributed by atoms with Gasteiger partial charge in [-0.15, -0.1) is 0 Å². The minimum absolute atomic E-state index is 0.198. The van der Waals surface area contributed by atoms with E-state index in [9.17, 15) is 9.18 Å². The van der Waals surface area contributed by atoms with E-state index in [1.54, 1.807) is 19.2 Å². The second kappa shape index (κ2) is 8.10. The molecule has 0 atom stereocenters. The lowest BCUT2D eigenvalue weighted by atomic mass is 9.96. The van der Waals surface area contributed by atoms with Crippen molar-refractivity contribution in [3.05, 3.63) is 35.6 Å². The Kier molecular flexibility index (Phi) is 6.14. The smallest absolute Gasteiger partial charge is 0.251 e. The Bertz CT molecular complexity index is 459. The molecule has 1 heterocycles. The number of piperidine rings is 1. The van der Waals surface area contributed by atoms with Gasteiger partial charge in [-0.25, -0.2) is 4.39 Å². The summed E-state index contributed by atoms with van der Waals surface area (Å²) in [5.41, 5.74) is 0.382. The van der Waals surface area contributed by atoms with Gasteiger partial charge >= 0.3 is 0 Å². The van der Waals surface area contributed by atoms with Crippen LogP contribution in [0.1, 0.15) is 23.2 Å². The molecule has 0 spiro atoms. The van der Waals surface area contributed by atoms with Gasteiger partial charge in [-0.1, -0.05) is 6.07 Å². The van der Waals surface area contributed by atoms with Crippen LogP contribution in [0.5, 0.6) is 0 Å². The molecule has 0 unspecified atom stereocenters. The van der Waals surface area contributed by atoms with Crippen LogP contribution >= 0.6 is 0 Å². The van der Waals surface area contributed by atoms with Gasteiger partial charge < -0.3 is 15.0 Å². The number of amides is 1. The molecular formula is C16H23FN2O2. The highest BCUT2D eigenvalue weighted by molar-refractivity contribution is 5.94. The number of carbonyl (C=O) groups excluding carboxylic acids is 1. The van der Waals surface area contributed by atoms with Gasteiger partial charge in [0.1, 0.15) is 5.82 Å². The number of hydrogen-bond acceptors (Lipinski definition) is 3. The number of methoxy groups -OCH3 is 1. The maximum Gasteiger partial charge on any atom is 0.251 e. The van der Waals surface area contributed by atoms with E-state index in [0.29, 0.717) is 18.0 Å². The molecule has 0 bridgehead atoms. The predicted molar refractivity (Wildman–Crippen MR) is 79.8 cm³/mol. The number of halogens is 1. The quantitative estimate of drug-likeness (QED) is 0.871. The standard InChI is InChI=1S/C16H23FN2O2/c1-21-10-9-19-7-5-13(6-8-19)12-18-16(20)14-3-2-4-15(17)11-14/h2-4,11,13H,5-10,12H2,1H3,(H,18,20). The first-order valence-corrected chi connectivity index (χ1v) is 7.44. The van der Waals surface area contributed by atoms with Gasteiger partial charge in [0.15, 0.2) is 0 Å². The predicted octanol–water partition coefficient (Wildman–Crippen LogP) is 1.91. The van der Waals surface area contributed by atoms with E-state index in [-0.39, 0.29) is 11.7 Å². The molecule has 5 heteroatoms. The molecule has 1 aromatic carbocycles. The largest absolute Gasteiger partial charge is 0.383 e. The summed E-state index contributed by atoms with van der Waals surface area (Å²) < 4.78 is 18.2. The number of benzene rings is 1. The van der Waals surface area contributed by atoms with E-state index in [1.165, 1.54) is 12.1 Å². The first-order chi connectivity index (χ1) is 10.2. The Morgan fingerprint density at radius 1 is 1.43 bits per heavy atom. The van der Waals surface area contributed by atoms with Gasteiger partial charge in [-0.2, -0.15) is 0 Å². The monoisotopic (exact) mass is 294 g/mol. The molecule has 1 aromatic rings. The molecule has 1 saturated heterocycles. The van der Waals surface area contributed by atoms with Crippen LogP contribution < -0.4 is 5.32 Å². The summed E-state index contributed by atoms with van der Waals surface area (Å²) in [6.07, 6.45) is 2.15. The summed E-state index contributed by atoms with van der Waals surface area (Å²) in [5, 5.41) is 2.91. The number of ether oxygens (including phenoxy) is 1. The molecule has 1 fully saturated rings. The van der Waals surface area contributed by atoms with Crippen molar-refractivity contribution in [1.82, 2.24) is 10.2 Å². The molecule has 0 saturated carbocycles. The zero-order chi connectivity index (χ0) is 15.1. The van der Waals surface area contributed by atoms with Crippen LogP contribution in [0.2, 0.25) is 0 Å². The third kappa shape index (κ3) is 5.10. The number of carbonyl (C=O) groups is 1.